The van der Waals surface area contributed by atoms with Gasteiger partial charge < -0.3 is 5.73 Å². The van der Waals surface area contributed by atoms with Crippen LogP contribution < -0.4 is 10.5 Å². The number of sulfonamides is 1. The fraction of sp³-hybridized carbons (Fsp3) is 0. The Morgan fingerprint density at radius 1 is 1.06 bits per heavy atom. The van der Waals surface area contributed by atoms with E-state index in [0.29, 0.717) is 5.69 Å². The maximum Gasteiger partial charge on any atom is 0.263 e. The molecule has 0 aliphatic heterocycles. The van der Waals surface area contributed by atoms with Crippen LogP contribution in [0.15, 0.2) is 53.6 Å². The van der Waals surface area contributed by atoms with E-state index in [9.17, 15) is 8.42 Å². The van der Waals surface area contributed by atoms with Crippen LogP contribution in [-0.4, -0.2) is 13.4 Å². The molecule has 0 atom stereocenters. The molecule has 0 saturated heterocycles. The molecular formula is C11H11N3O2S. The van der Waals surface area contributed by atoms with Crippen LogP contribution in [0.25, 0.3) is 0 Å². The monoisotopic (exact) mass is 249 g/mol. The van der Waals surface area contributed by atoms with E-state index in [-0.39, 0.29) is 10.7 Å². The predicted molar refractivity (Wildman–Crippen MR) is 65.9 cm³/mol. The molecule has 0 fully saturated rings. The zero-order chi connectivity index (χ0) is 12.3. The van der Waals surface area contributed by atoms with Gasteiger partial charge in [0.05, 0.1) is 16.8 Å². The zero-order valence-corrected chi connectivity index (χ0v) is 9.68. The van der Waals surface area contributed by atoms with Crippen LogP contribution in [0, 0.1) is 0 Å². The van der Waals surface area contributed by atoms with Crippen molar-refractivity contribution in [3.8, 4) is 0 Å². The summed E-state index contributed by atoms with van der Waals surface area (Å²) in [6.45, 7) is 0. The summed E-state index contributed by atoms with van der Waals surface area (Å²) in [5.41, 5.74) is 5.94. The number of anilines is 2. The van der Waals surface area contributed by atoms with E-state index in [1.54, 1.807) is 24.3 Å². The van der Waals surface area contributed by atoms with Gasteiger partial charge in [-0.15, -0.1) is 0 Å². The third-order valence-electron chi connectivity index (χ3n) is 2.08. The SMILES string of the molecule is Nc1ccc(NS(=O)(=O)c2ccccc2)nc1. The number of nitrogens with zero attached hydrogens (tertiary/aromatic N) is 1. The Kier molecular flexibility index (Phi) is 2.97. The van der Waals surface area contributed by atoms with E-state index in [1.165, 1.54) is 24.4 Å². The molecule has 0 unspecified atom stereocenters. The Bertz CT molecular complexity index is 594. The van der Waals surface area contributed by atoms with Crippen molar-refractivity contribution in [2.45, 2.75) is 4.90 Å². The lowest BCUT2D eigenvalue weighted by Gasteiger charge is -2.06. The maximum atomic E-state index is 11.9. The number of hydrogen-bond acceptors (Lipinski definition) is 4. The Hall–Kier alpha value is -2.08. The number of nitrogen functional groups attached to an aromatic ring is 1. The number of nitrogens with one attached hydrogen (secondary N) is 1. The van der Waals surface area contributed by atoms with Crippen LogP contribution >= 0.6 is 0 Å². The smallest absolute Gasteiger partial charge is 0.263 e. The molecule has 2 rings (SSSR count). The Morgan fingerprint density at radius 3 is 2.35 bits per heavy atom. The van der Waals surface area contributed by atoms with Crippen LogP contribution in [0.4, 0.5) is 11.5 Å². The third kappa shape index (κ3) is 2.73. The van der Waals surface area contributed by atoms with Crippen molar-refractivity contribution < 1.29 is 8.42 Å². The topological polar surface area (TPSA) is 85.1 Å². The van der Waals surface area contributed by atoms with Crippen molar-refractivity contribution in [1.82, 2.24) is 4.98 Å². The van der Waals surface area contributed by atoms with E-state index in [2.05, 4.69) is 9.71 Å². The van der Waals surface area contributed by atoms with Crippen molar-refractivity contribution in [1.29, 1.82) is 0 Å². The Labute approximate surface area is 99.4 Å². The summed E-state index contributed by atoms with van der Waals surface area (Å²) in [6, 6.07) is 11.2. The van der Waals surface area contributed by atoms with Gasteiger partial charge in [-0.2, -0.15) is 0 Å². The molecule has 0 radical (unpaired) electrons. The normalized spacial score (nSPS) is 11.1. The second-order valence-corrected chi connectivity index (χ2v) is 5.08. The quantitative estimate of drug-likeness (QED) is 0.862. The van der Waals surface area contributed by atoms with E-state index < -0.39 is 10.0 Å². The largest absolute Gasteiger partial charge is 0.397 e. The van der Waals surface area contributed by atoms with Gasteiger partial charge in [0.2, 0.25) is 0 Å². The first-order valence-electron chi connectivity index (χ1n) is 4.87. The van der Waals surface area contributed by atoms with Crippen LogP contribution in [0.2, 0.25) is 0 Å². The molecule has 0 aliphatic rings. The molecule has 1 aromatic carbocycles. The molecule has 0 aliphatic carbocycles. The number of hydrogen-bond donors (Lipinski definition) is 2. The van der Waals surface area contributed by atoms with Gasteiger partial charge in [0.25, 0.3) is 10.0 Å². The molecule has 0 amide bonds. The molecule has 3 N–H and O–H groups in total. The predicted octanol–water partition coefficient (Wildman–Crippen LogP) is 1.46. The van der Waals surface area contributed by atoms with Gasteiger partial charge in [0.15, 0.2) is 0 Å². The van der Waals surface area contributed by atoms with Crippen LogP contribution in [-0.2, 0) is 10.0 Å². The minimum Gasteiger partial charge on any atom is -0.397 e. The summed E-state index contributed by atoms with van der Waals surface area (Å²) in [5.74, 6) is 0.239. The summed E-state index contributed by atoms with van der Waals surface area (Å²) in [6.07, 6.45) is 1.39. The number of aromatic nitrogens is 1. The molecule has 0 saturated carbocycles. The van der Waals surface area contributed by atoms with Gasteiger partial charge in [-0.3, -0.25) is 4.72 Å². The molecule has 88 valence electrons. The standard InChI is InChI=1S/C11H11N3O2S/c12-9-6-7-11(13-8-9)14-17(15,16)10-4-2-1-3-5-10/h1-8H,12H2,(H,13,14). The Balaban J connectivity index is 2.27. The molecule has 0 bridgehead atoms. The maximum absolute atomic E-state index is 11.9. The molecule has 5 nitrogen and oxygen atoms in total. The van der Waals surface area contributed by atoms with Crippen molar-refractivity contribution in [3.63, 3.8) is 0 Å². The zero-order valence-electron chi connectivity index (χ0n) is 8.87. The van der Waals surface area contributed by atoms with E-state index in [0.717, 1.165) is 0 Å². The summed E-state index contributed by atoms with van der Waals surface area (Å²) in [4.78, 5) is 4.07. The van der Waals surface area contributed by atoms with E-state index >= 15 is 0 Å². The molecule has 1 aromatic heterocycles. The number of benzene rings is 1. The summed E-state index contributed by atoms with van der Waals surface area (Å²) >= 11 is 0. The fourth-order valence-electron chi connectivity index (χ4n) is 1.26. The van der Waals surface area contributed by atoms with Gasteiger partial charge in [-0.1, -0.05) is 18.2 Å². The molecule has 1 heterocycles. The highest BCUT2D eigenvalue weighted by Crippen LogP contribution is 2.14. The third-order valence-corrected chi connectivity index (χ3v) is 3.45. The van der Waals surface area contributed by atoms with Crippen molar-refractivity contribution in [2.75, 3.05) is 10.5 Å². The Morgan fingerprint density at radius 2 is 1.76 bits per heavy atom. The van der Waals surface area contributed by atoms with E-state index in [1.807, 2.05) is 0 Å². The first kappa shape index (κ1) is 11.4. The van der Waals surface area contributed by atoms with Gasteiger partial charge in [-0.05, 0) is 24.3 Å². The molecule has 2 aromatic rings. The van der Waals surface area contributed by atoms with Crippen LogP contribution in [0.5, 0.6) is 0 Å². The minimum absolute atomic E-state index is 0.193. The minimum atomic E-state index is -3.58. The highest BCUT2D eigenvalue weighted by molar-refractivity contribution is 7.92. The van der Waals surface area contributed by atoms with Crippen LogP contribution in [0.3, 0.4) is 0 Å². The second-order valence-electron chi connectivity index (χ2n) is 3.40. The highest BCUT2D eigenvalue weighted by atomic mass is 32.2. The van der Waals surface area contributed by atoms with Crippen molar-refractivity contribution in [2.24, 2.45) is 0 Å². The van der Waals surface area contributed by atoms with E-state index in [4.69, 9.17) is 5.73 Å². The number of rotatable bonds is 3. The highest BCUT2D eigenvalue weighted by Gasteiger charge is 2.13. The summed E-state index contributed by atoms with van der Waals surface area (Å²) < 4.78 is 26.2. The number of nitrogens with two attached hydrogens (primary N) is 1. The van der Waals surface area contributed by atoms with Gasteiger partial charge in [0, 0.05) is 0 Å². The summed E-state index contributed by atoms with van der Waals surface area (Å²) in [7, 11) is -3.58. The molecule has 0 spiro atoms. The summed E-state index contributed by atoms with van der Waals surface area (Å²) in [5, 5.41) is 0. The molecular weight excluding hydrogens is 238 g/mol. The number of pyridine rings is 1. The molecule has 17 heavy (non-hydrogen) atoms. The van der Waals surface area contributed by atoms with Crippen molar-refractivity contribution in [3.05, 3.63) is 48.7 Å². The lowest BCUT2D eigenvalue weighted by Crippen LogP contribution is -2.13. The second kappa shape index (κ2) is 4.42. The first-order valence-corrected chi connectivity index (χ1v) is 6.36. The lowest BCUT2D eigenvalue weighted by molar-refractivity contribution is 0.601. The van der Waals surface area contributed by atoms with Crippen molar-refractivity contribution >= 4 is 21.5 Å². The van der Waals surface area contributed by atoms with Crippen LogP contribution in [0.1, 0.15) is 0 Å². The average Bonchev–Trinajstić information content (AvgIpc) is 2.33. The fourth-order valence-corrected chi connectivity index (χ4v) is 2.29. The van der Waals surface area contributed by atoms with Gasteiger partial charge in [-0.25, -0.2) is 13.4 Å². The average molecular weight is 249 g/mol. The van der Waals surface area contributed by atoms with Gasteiger partial charge in [0.1, 0.15) is 5.82 Å². The first-order chi connectivity index (χ1) is 8.08. The van der Waals surface area contributed by atoms with Gasteiger partial charge >= 0.3 is 0 Å². The lowest BCUT2D eigenvalue weighted by atomic mass is 10.4. The molecule has 6 heteroatoms.